The highest BCUT2D eigenvalue weighted by Gasteiger charge is 1.95. The second kappa shape index (κ2) is 4.41. The maximum atomic E-state index is 4.20. The number of thiol groups is 1. The molecular formula is C10H15NS. The van der Waals surface area contributed by atoms with Crippen LogP contribution in [0.3, 0.4) is 0 Å². The number of hydrogen-bond acceptors (Lipinski definition) is 2. The maximum Gasteiger partial charge on any atom is 0.0363 e. The number of benzene rings is 1. The molecule has 0 atom stereocenters. The predicted octanol–water partition coefficient (Wildman–Crippen LogP) is 2.22. The van der Waals surface area contributed by atoms with Gasteiger partial charge in [-0.3, -0.25) is 0 Å². The fraction of sp³-hybridized carbons (Fsp3) is 0.400. The zero-order chi connectivity index (χ0) is 8.97. The molecule has 0 saturated carbocycles. The number of anilines is 1. The van der Waals surface area contributed by atoms with Gasteiger partial charge in [-0.05, 0) is 29.9 Å². The van der Waals surface area contributed by atoms with Gasteiger partial charge in [-0.2, -0.15) is 12.6 Å². The van der Waals surface area contributed by atoms with Crippen LogP contribution in [0.1, 0.15) is 5.56 Å². The number of nitrogens with zero attached hydrogens (tertiary/aromatic N) is 1. The molecule has 1 aromatic rings. The van der Waals surface area contributed by atoms with Crippen LogP contribution in [0.4, 0.5) is 5.69 Å². The highest BCUT2D eigenvalue weighted by Crippen LogP contribution is 2.13. The van der Waals surface area contributed by atoms with Crippen molar-refractivity contribution in [3.63, 3.8) is 0 Å². The van der Waals surface area contributed by atoms with Gasteiger partial charge in [0.15, 0.2) is 0 Å². The molecule has 0 saturated heterocycles. The molecule has 1 rings (SSSR count). The first-order chi connectivity index (χ1) is 5.74. The van der Waals surface area contributed by atoms with Gasteiger partial charge in [0.05, 0.1) is 0 Å². The first-order valence-corrected chi connectivity index (χ1v) is 4.74. The van der Waals surface area contributed by atoms with E-state index in [0.29, 0.717) is 0 Å². The van der Waals surface area contributed by atoms with Crippen LogP contribution >= 0.6 is 12.6 Å². The van der Waals surface area contributed by atoms with Gasteiger partial charge in [0.25, 0.3) is 0 Å². The summed E-state index contributed by atoms with van der Waals surface area (Å²) >= 11 is 4.20. The van der Waals surface area contributed by atoms with E-state index in [4.69, 9.17) is 0 Å². The summed E-state index contributed by atoms with van der Waals surface area (Å²) in [6.45, 7) is 0. The summed E-state index contributed by atoms with van der Waals surface area (Å²) in [6.07, 6.45) is 1.05. The Morgan fingerprint density at radius 1 is 1.33 bits per heavy atom. The molecular weight excluding hydrogens is 166 g/mol. The summed E-state index contributed by atoms with van der Waals surface area (Å²) in [5.74, 6) is 0.914. The average Bonchev–Trinajstić information content (AvgIpc) is 2.05. The molecule has 0 N–H and O–H groups in total. The van der Waals surface area contributed by atoms with Gasteiger partial charge in [0.1, 0.15) is 0 Å². The van der Waals surface area contributed by atoms with Crippen LogP contribution < -0.4 is 4.90 Å². The minimum Gasteiger partial charge on any atom is -0.378 e. The monoisotopic (exact) mass is 181 g/mol. The second-order valence-electron chi connectivity index (χ2n) is 3.04. The molecule has 0 bridgehead atoms. The Labute approximate surface area is 79.8 Å². The Hall–Kier alpha value is -0.630. The normalized spacial score (nSPS) is 9.92. The molecule has 0 unspecified atom stereocenters. The summed E-state index contributed by atoms with van der Waals surface area (Å²) in [5, 5.41) is 0. The Balaban J connectivity index is 2.81. The van der Waals surface area contributed by atoms with Gasteiger partial charge in [-0.1, -0.05) is 12.1 Å². The van der Waals surface area contributed by atoms with E-state index in [9.17, 15) is 0 Å². The van der Waals surface area contributed by atoms with Crippen molar-refractivity contribution < 1.29 is 0 Å². The van der Waals surface area contributed by atoms with E-state index < -0.39 is 0 Å². The van der Waals surface area contributed by atoms with Crippen LogP contribution in [0.25, 0.3) is 0 Å². The SMILES string of the molecule is CN(C)c1cccc(CCS)c1. The topological polar surface area (TPSA) is 3.24 Å². The minimum atomic E-state index is 0.914. The lowest BCUT2D eigenvalue weighted by atomic mass is 10.1. The van der Waals surface area contributed by atoms with Crippen molar-refractivity contribution in [2.24, 2.45) is 0 Å². The summed E-state index contributed by atoms with van der Waals surface area (Å²) in [7, 11) is 4.11. The van der Waals surface area contributed by atoms with Crippen molar-refractivity contribution in [3.8, 4) is 0 Å². The summed E-state index contributed by atoms with van der Waals surface area (Å²) in [5.41, 5.74) is 2.62. The smallest absolute Gasteiger partial charge is 0.0363 e. The van der Waals surface area contributed by atoms with Crippen LogP contribution in [0.2, 0.25) is 0 Å². The zero-order valence-corrected chi connectivity index (χ0v) is 8.51. The van der Waals surface area contributed by atoms with Crippen LogP contribution in [0.5, 0.6) is 0 Å². The first kappa shape index (κ1) is 9.46. The Morgan fingerprint density at radius 3 is 2.67 bits per heavy atom. The zero-order valence-electron chi connectivity index (χ0n) is 7.62. The van der Waals surface area contributed by atoms with Crippen LogP contribution in [0, 0.1) is 0 Å². The number of aryl methyl sites for hydroxylation is 1. The molecule has 0 amide bonds. The lowest BCUT2D eigenvalue weighted by Crippen LogP contribution is -2.08. The minimum absolute atomic E-state index is 0.914. The Kier molecular flexibility index (Phi) is 3.48. The van der Waals surface area contributed by atoms with Crippen molar-refractivity contribution in [3.05, 3.63) is 29.8 Å². The van der Waals surface area contributed by atoms with Crippen LogP contribution in [-0.2, 0) is 6.42 Å². The third-order valence-corrected chi connectivity index (χ3v) is 2.05. The van der Waals surface area contributed by atoms with Crippen LogP contribution in [-0.4, -0.2) is 19.8 Å². The van der Waals surface area contributed by atoms with E-state index in [1.807, 2.05) is 0 Å². The first-order valence-electron chi connectivity index (χ1n) is 4.11. The highest BCUT2D eigenvalue weighted by atomic mass is 32.1. The van der Waals surface area contributed by atoms with E-state index in [0.717, 1.165) is 12.2 Å². The summed E-state index contributed by atoms with van der Waals surface area (Å²) in [6, 6.07) is 8.55. The molecule has 0 aromatic heterocycles. The standard InChI is InChI=1S/C10H15NS/c1-11(2)10-5-3-4-9(8-10)6-7-12/h3-5,8,12H,6-7H2,1-2H3. The quantitative estimate of drug-likeness (QED) is 0.700. The molecule has 1 aromatic carbocycles. The number of hydrogen-bond donors (Lipinski definition) is 1. The fourth-order valence-corrected chi connectivity index (χ4v) is 1.38. The molecule has 0 fully saturated rings. The van der Waals surface area contributed by atoms with Crippen LogP contribution in [0.15, 0.2) is 24.3 Å². The Bertz CT molecular complexity index is 245. The molecule has 0 heterocycles. The molecule has 1 nitrogen and oxygen atoms in total. The molecule has 0 aliphatic heterocycles. The van der Waals surface area contributed by atoms with Crippen molar-refractivity contribution in [2.75, 3.05) is 24.7 Å². The third kappa shape index (κ3) is 2.45. The highest BCUT2D eigenvalue weighted by molar-refractivity contribution is 7.80. The molecule has 0 spiro atoms. The van der Waals surface area contributed by atoms with Crippen molar-refractivity contribution in [2.45, 2.75) is 6.42 Å². The molecule has 0 radical (unpaired) electrons. The average molecular weight is 181 g/mol. The van der Waals surface area contributed by atoms with Crippen molar-refractivity contribution in [1.29, 1.82) is 0 Å². The van der Waals surface area contributed by atoms with Gasteiger partial charge in [0.2, 0.25) is 0 Å². The van der Waals surface area contributed by atoms with Crippen molar-refractivity contribution in [1.82, 2.24) is 0 Å². The van der Waals surface area contributed by atoms with E-state index in [-0.39, 0.29) is 0 Å². The molecule has 0 aliphatic rings. The lowest BCUT2D eigenvalue weighted by Gasteiger charge is -2.13. The fourth-order valence-electron chi connectivity index (χ4n) is 1.12. The van der Waals surface area contributed by atoms with Crippen molar-refractivity contribution >= 4 is 18.3 Å². The van der Waals surface area contributed by atoms with E-state index in [2.05, 4.69) is 55.9 Å². The van der Waals surface area contributed by atoms with Gasteiger partial charge in [-0.15, -0.1) is 0 Å². The molecule has 12 heavy (non-hydrogen) atoms. The van der Waals surface area contributed by atoms with Gasteiger partial charge in [-0.25, -0.2) is 0 Å². The van der Waals surface area contributed by atoms with Gasteiger partial charge >= 0.3 is 0 Å². The van der Waals surface area contributed by atoms with Gasteiger partial charge in [0, 0.05) is 19.8 Å². The summed E-state index contributed by atoms with van der Waals surface area (Å²) < 4.78 is 0. The number of rotatable bonds is 3. The van der Waals surface area contributed by atoms with Gasteiger partial charge < -0.3 is 4.90 Å². The lowest BCUT2D eigenvalue weighted by molar-refractivity contribution is 1.10. The van der Waals surface area contributed by atoms with E-state index in [1.54, 1.807) is 0 Å². The Morgan fingerprint density at radius 2 is 2.08 bits per heavy atom. The summed E-state index contributed by atoms with van der Waals surface area (Å²) in [4.78, 5) is 2.11. The maximum absolute atomic E-state index is 4.20. The largest absolute Gasteiger partial charge is 0.378 e. The second-order valence-corrected chi connectivity index (χ2v) is 3.49. The molecule has 66 valence electrons. The third-order valence-electron chi connectivity index (χ3n) is 1.83. The molecule has 2 heteroatoms. The van der Waals surface area contributed by atoms with E-state index in [1.165, 1.54) is 11.3 Å². The molecule has 0 aliphatic carbocycles. The predicted molar refractivity (Wildman–Crippen MR) is 58.3 cm³/mol. The van der Waals surface area contributed by atoms with E-state index >= 15 is 0 Å².